The van der Waals surface area contributed by atoms with Gasteiger partial charge in [0.25, 0.3) is 0 Å². The molecule has 2 aliphatic heterocycles. The van der Waals surface area contributed by atoms with Gasteiger partial charge in [-0.05, 0) is 64.3 Å². The predicted molar refractivity (Wildman–Crippen MR) is 113 cm³/mol. The molecule has 0 N–H and O–H groups in total. The third kappa shape index (κ3) is 5.00. The summed E-state index contributed by atoms with van der Waals surface area (Å²) in [4.78, 5) is 23.2. The van der Waals surface area contributed by atoms with Crippen LogP contribution in [0.2, 0.25) is 0 Å². The summed E-state index contributed by atoms with van der Waals surface area (Å²) in [6, 6.07) is 5.64. The molecule has 0 radical (unpaired) electrons. The summed E-state index contributed by atoms with van der Waals surface area (Å²) in [5, 5.41) is 0. The van der Waals surface area contributed by atoms with Gasteiger partial charge in [0.15, 0.2) is 0 Å². The smallest absolute Gasteiger partial charge is 0.201 e. The van der Waals surface area contributed by atoms with Gasteiger partial charge in [-0.15, -0.1) is 0 Å². The highest BCUT2D eigenvalue weighted by atomic mass is 16.5. The van der Waals surface area contributed by atoms with Crippen LogP contribution >= 0.6 is 0 Å². The first kappa shape index (κ1) is 21.4. The third-order valence-electron chi connectivity index (χ3n) is 6.26. The maximum atomic E-state index is 13.7. The third-order valence-corrected chi connectivity index (χ3v) is 6.26. The molecular formula is C23H37N3O2. The van der Waals surface area contributed by atoms with Crippen molar-refractivity contribution < 1.29 is 9.53 Å². The Morgan fingerprint density at radius 1 is 1.21 bits per heavy atom. The number of hydrogen-bond donors (Lipinski definition) is 0. The van der Waals surface area contributed by atoms with Crippen LogP contribution in [0, 0.1) is 5.92 Å². The number of carbonyl (C=O) groups excluding carboxylic acids is 1. The highest BCUT2D eigenvalue weighted by molar-refractivity contribution is 6.02. The van der Waals surface area contributed by atoms with E-state index < -0.39 is 5.54 Å². The molecule has 0 spiro atoms. The fourth-order valence-corrected chi connectivity index (χ4v) is 4.75. The number of aromatic nitrogens is 1. The second kappa shape index (κ2) is 9.02. The number of carbonyl (C=O) groups is 1. The summed E-state index contributed by atoms with van der Waals surface area (Å²) in [5.41, 5.74) is -0.225. The summed E-state index contributed by atoms with van der Waals surface area (Å²) in [6.07, 6.45) is 5.54. The maximum Gasteiger partial charge on any atom is 0.201 e. The number of ether oxygens (including phenoxy) is 1. The molecule has 0 saturated carbocycles. The lowest BCUT2D eigenvalue weighted by atomic mass is 9.75. The minimum atomic E-state index is -0.510. The van der Waals surface area contributed by atoms with Crippen LogP contribution in [-0.4, -0.2) is 71.0 Å². The first-order valence-electron chi connectivity index (χ1n) is 10.9. The molecule has 0 aliphatic carbocycles. The molecule has 1 aromatic rings. The van der Waals surface area contributed by atoms with Gasteiger partial charge in [0.1, 0.15) is 5.69 Å². The Kier molecular flexibility index (Phi) is 6.89. The summed E-state index contributed by atoms with van der Waals surface area (Å²) < 4.78 is 6.01. The van der Waals surface area contributed by atoms with E-state index in [1.54, 1.807) is 6.20 Å². The van der Waals surface area contributed by atoms with Gasteiger partial charge in [0.2, 0.25) is 5.78 Å². The van der Waals surface area contributed by atoms with Gasteiger partial charge in [0, 0.05) is 38.9 Å². The van der Waals surface area contributed by atoms with Gasteiger partial charge in [-0.2, -0.15) is 0 Å². The highest BCUT2D eigenvalue weighted by Crippen LogP contribution is 2.39. The normalized spacial score (nSPS) is 26.9. The molecule has 1 aromatic heterocycles. The predicted octanol–water partition coefficient (Wildman–Crippen LogP) is 3.65. The van der Waals surface area contributed by atoms with E-state index in [0.717, 1.165) is 57.9 Å². The van der Waals surface area contributed by atoms with Crippen molar-refractivity contribution in [3.8, 4) is 0 Å². The molecule has 0 bridgehead atoms. The Morgan fingerprint density at radius 3 is 2.71 bits per heavy atom. The number of ketones is 1. The summed E-state index contributed by atoms with van der Waals surface area (Å²) >= 11 is 0. The molecular weight excluding hydrogens is 350 g/mol. The largest absolute Gasteiger partial charge is 0.375 e. The molecule has 2 saturated heterocycles. The van der Waals surface area contributed by atoms with E-state index in [2.05, 4.69) is 42.5 Å². The standard InChI is InChI=1S/C23H37N3O2/c1-19(2)9-14-25-12-7-13-26(16-15-25)23(10-17-28-22(3,4)18-23)21(27)20-8-5-6-11-24-20/h5-6,8,11,19H,7,9-10,12-18H2,1-4H3. The van der Waals surface area contributed by atoms with E-state index in [1.807, 2.05) is 18.2 Å². The molecule has 1 atom stereocenters. The van der Waals surface area contributed by atoms with Crippen LogP contribution < -0.4 is 0 Å². The maximum absolute atomic E-state index is 13.7. The van der Waals surface area contributed by atoms with E-state index in [1.165, 1.54) is 6.42 Å². The Balaban J connectivity index is 1.82. The second-order valence-corrected chi connectivity index (χ2v) is 9.48. The van der Waals surface area contributed by atoms with Crippen LogP contribution in [0.15, 0.2) is 24.4 Å². The zero-order chi connectivity index (χ0) is 20.2. The fraction of sp³-hybridized carbons (Fsp3) is 0.739. The number of Topliss-reactive ketones (excluding diaryl/α,β-unsaturated/α-hetero) is 1. The van der Waals surface area contributed by atoms with Crippen LogP contribution in [0.25, 0.3) is 0 Å². The second-order valence-electron chi connectivity index (χ2n) is 9.48. The van der Waals surface area contributed by atoms with Gasteiger partial charge in [-0.1, -0.05) is 19.9 Å². The lowest BCUT2D eigenvalue weighted by Crippen LogP contribution is -2.62. The van der Waals surface area contributed by atoms with Gasteiger partial charge < -0.3 is 9.64 Å². The average Bonchev–Trinajstić information content (AvgIpc) is 2.91. The molecule has 3 heterocycles. The number of hydrogen-bond acceptors (Lipinski definition) is 5. The minimum Gasteiger partial charge on any atom is -0.375 e. The van der Waals surface area contributed by atoms with Crippen LogP contribution in [0.1, 0.15) is 63.9 Å². The quantitative estimate of drug-likeness (QED) is 0.697. The fourth-order valence-electron chi connectivity index (χ4n) is 4.75. The SMILES string of the molecule is CC(C)CCN1CCCN(C2(C(=O)c3ccccn3)CCOC(C)(C)C2)CC1. The lowest BCUT2D eigenvalue weighted by Gasteiger charge is -2.49. The average molecular weight is 388 g/mol. The first-order valence-corrected chi connectivity index (χ1v) is 10.9. The summed E-state index contributed by atoms with van der Waals surface area (Å²) in [5.74, 6) is 0.896. The van der Waals surface area contributed by atoms with E-state index in [4.69, 9.17) is 4.74 Å². The zero-order valence-corrected chi connectivity index (χ0v) is 18.1. The number of nitrogens with zero attached hydrogens (tertiary/aromatic N) is 3. The van der Waals surface area contributed by atoms with E-state index in [0.29, 0.717) is 12.3 Å². The van der Waals surface area contributed by atoms with E-state index in [-0.39, 0.29) is 11.4 Å². The van der Waals surface area contributed by atoms with Crippen molar-refractivity contribution in [2.45, 2.75) is 64.5 Å². The molecule has 0 aromatic carbocycles. The van der Waals surface area contributed by atoms with Gasteiger partial charge in [-0.25, -0.2) is 0 Å². The first-order chi connectivity index (χ1) is 13.3. The molecule has 2 aliphatic rings. The van der Waals surface area contributed by atoms with Crippen molar-refractivity contribution in [3.05, 3.63) is 30.1 Å². The molecule has 2 fully saturated rings. The van der Waals surface area contributed by atoms with Crippen LogP contribution in [0.5, 0.6) is 0 Å². The van der Waals surface area contributed by atoms with Gasteiger partial charge in [0.05, 0.1) is 11.1 Å². The summed E-state index contributed by atoms with van der Waals surface area (Å²) in [7, 11) is 0. The van der Waals surface area contributed by atoms with E-state index >= 15 is 0 Å². The van der Waals surface area contributed by atoms with Crippen molar-refractivity contribution in [1.82, 2.24) is 14.8 Å². The van der Waals surface area contributed by atoms with Crippen LogP contribution in [0.3, 0.4) is 0 Å². The monoisotopic (exact) mass is 387 g/mol. The molecule has 5 nitrogen and oxygen atoms in total. The van der Waals surface area contributed by atoms with E-state index in [9.17, 15) is 4.79 Å². The highest BCUT2D eigenvalue weighted by Gasteiger charge is 2.50. The van der Waals surface area contributed by atoms with Gasteiger partial charge in [-0.3, -0.25) is 14.7 Å². The molecule has 28 heavy (non-hydrogen) atoms. The molecule has 3 rings (SSSR count). The summed E-state index contributed by atoms with van der Waals surface area (Å²) in [6.45, 7) is 14.6. The minimum absolute atomic E-state index is 0.167. The lowest BCUT2D eigenvalue weighted by molar-refractivity contribution is -0.107. The van der Waals surface area contributed by atoms with Crippen molar-refractivity contribution in [2.75, 3.05) is 39.3 Å². The molecule has 1 unspecified atom stereocenters. The van der Waals surface area contributed by atoms with Crippen molar-refractivity contribution >= 4 is 5.78 Å². The van der Waals surface area contributed by atoms with Crippen molar-refractivity contribution in [2.24, 2.45) is 5.92 Å². The Morgan fingerprint density at radius 2 is 2.04 bits per heavy atom. The molecule has 156 valence electrons. The number of pyridine rings is 1. The molecule has 0 amide bonds. The Hall–Kier alpha value is -1.30. The van der Waals surface area contributed by atoms with Crippen LogP contribution in [0.4, 0.5) is 0 Å². The Bertz CT molecular complexity index is 647. The van der Waals surface area contributed by atoms with Crippen molar-refractivity contribution in [1.29, 1.82) is 0 Å². The Labute approximate surface area is 170 Å². The number of rotatable bonds is 6. The van der Waals surface area contributed by atoms with Gasteiger partial charge >= 0.3 is 0 Å². The topological polar surface area (TPSA) is 45.7 Å². The molecule has 5 heteroatoms. The van der Waals surface area contributed by atoms with Crippen molar-refractivity contribution in [3.63, 3.8) is 0 Å². The van der Waals surface area contributed by atoms with Crippen LogP contribution in [-0.2, 0) is 4.74 Å². The zero-order valence-electron chi connectivity index (χ0n) is 18.1.